The first-order valence-electron chi connectivity index (χ1n) is 13.6. The molecule has 1 aliphatic rings. The number of carbonyl (C=O) groups excluding carboxylic acids is 1. The van der Waals surface area contributed by atoms with E-state index in [1.165, 1.54) is 0 Å². The number of nitrogens with zero attached hydrogens (tertiary/aromatic N) is 4. The summed E-state index contributed by atoms with van der Waals surface area (Å²) >= 11 is 0. The van der Waals surface area contributed by atoms with Crippen molar-refractivity contribution in [3.05, 3.63) is 118 Å². The number of hydrogen-bond acceptors (Lipinski definition) is 7. The van der Waals surface area contributed by atoms with Gasteiger partial charge in [-0.1, -0.05) is 71.9 Å². The van der Waals surface area contributed by atoms with E-state index < -0.39 is 24.2 Å². The standard InChI is InChI=1S/C31H33FN6O4/c32-18-19-34-37-30(40)31(17-6-10-23-8-2-1-3-9-23)28(27-12-5-4-11-25(27)22-35-38-33)42-29(36-31)24-13-15-26(16-14-24)41-21-7-20-39/h1-6,8-16,28,34,39H,7,17-22H2,(H,37,40)/b10-6+/t28-,31-/m0/s1. The normalized spacial score (nSPS) is 17.8. The molecular weight excluding hydrogens is 539 g/mol. The molecule has 1 amide bonds. The molecule has 2 atom stereocenters. The Balaban J connectivity index is 1.77. The molecule has 10 nitrogen and oxygen atoms in total. The molecular formula is C31H33FN6O4. The van der Waals surface area contributed by atoms with Crippen molar-refractivity contribution < 1.29 is 23.8 Å². The Hall–Kier alpha value is -4.70. The van der Waals surface area contributed by atoms with Crippen molar-refractivity contribution in [1.82, 2.24) is 10.9 Å². The molecule has 1 heterocycles. The Morgan fingerprint density at radius 2 is 1.90 bits per heavy atom. The highest BCUT2D eigenvalue weighted by Gasteiger charge is 2.53. The largest absolute Gasteiger partial charge is 0.494 e. The van der Waals surface area contributed by atoms with Crippen LogP contribution in [0.25, 0.3) is 16.5 Å². The van der Waals surface area contributed by atoms with Gasteiger partial charge >= 0.3 is 0 Å². The van der Waals surface area contributed by atoms with Gasteiger partial charge in [0.1, 0.15) is 12.4 Å². The molecule has 0 fully saturated rings. The third kappa shape index (κ3) is 7.52. The first-order valence-corrected chi connectivity index (χ1v) is 13.6. The maximum Gasteiger partial charge on any atom is 0.266 e. The van der Waals surface area contributed by atoms with E-state index in [2.05, 4.69) is 20.9 Å². The minimum absolute atomic E-state index is 0.0360. The Labute approximate surface area is 243 Å². The Morgan fingerprint density at radius 1 is 1.14 bits per heavy atom. The number of azide groups is 1. The zero-order chi connectivity index (χ0) is 29.6. The molecule has 0 aromatic heterocycles. The van der Waals surface area contributed by atoms with Gasteiger partial charge in [0.15, 0.2) is 11.6 Å². The molecule has 0 spiro atoms. The van der Waals surface area contributed by atoms with Gasteiger partial charge in [0, 0.05) is 36.5 Å². The smallest absolute Gasteiger partial charge is 0.266 e. The van der Waals surface area contributed by atoms with Crippen molar-refractivity contribution in [2.75, 3.05) is 26.4 Å². The molecule has 0 radical (unpaired) electrons. The van der Waals surface area contributed by atoms with Crippen LogP contribution in [0.5, 0.6) is 5.75 Å². The Morgan fingerprint density at radius 3 is 2.64 bits per heavy atom. The molecule has 3 aromatic rings. The fourth-order valence-electron chi connectivity index (χ4n) is 4.57. The second kappa shape index (κ2) is 15.3. The van der Waals surface area contributed by atoms with Crippen LogP contribution >= 0.6 is 0 Å². The fourth-order valence-corrected chi connectivity index (χ4v) is 4.57. The van der Waals surface area contributed by atoms with Crippen LogP contribution in [-0.2, 0) is 16.1 Å². The topological polar surface area (TPSA) is 141 Å². The van der Waals surface area contributed by atoms with E-state index >= 15 is 0 Å². The van der Waals surface area contributed by atoms with Crippen LogP contribution in [0, 0.1) is 0 Å². The zero-order valence-electron chi connectivity index (χ0n) is 23.0. The van der Waals surface area contributed by atoms with E-state index in [0.29, 0.717) is 35.5 Å². The maximum absolute atomic E-state index is 13.9. The fraction of sp³-hybridized carbons (Fsp3) is 0.290. The van der Waals surface area contributed by atoms with Crippen molar-refractivity contribution in [1.29, 1.82) is 0 Å². The van der Waals surface area contributed by atoms with Crippen LogP contribution in [0.4, 0.5) is 4.39 Å². The SMILES string of the molecule is [N-]=[N+]=NCc1ccccc1[C@@H]1OC(c2ccc(OCCCO)cc2)=N[C@]1(C/C=C/c1ccccc1)C(=O)NNCCF. The number of hydrogen-bond donors (Lipinski definition) is 3. The number of benzene rings is 3. The lowest BCUT2D eigenvalue weighted by Crippen LogP contribution is -2.53. The van der Waals surface area contributed by atoms with E-state index in [0.717, 1.165) is 5.56 Å². The first kappa shape index (κ1) is 30.3. The van der Waals surface area contributed by atoms with E-state index in [-0.39, 0.29) is 32.0 Å². The van der Waals surface area contributed by atoms with Crippen molar-refractivity contribution in [2.45, 2.75) is 31.0 Å². The summed E-state index contributed by atoms with van der Waals surface area (Å²) in [5, 5.41) is 12.7. The number of carbonyl (C=O) groups is 1. The molecule has 4 rings (SSSR count). The van der Waals surface area contributed by atoms with Crippen molar-refractivity contribution >= 4 is 17.9 Å². The molecule has 11 heteroatoms. The lowest BCUT2D eigenvalue weighted by atomic mass is 9.82. The van der Waals surface area contributed by atoms with Gasteiger partial charge in [-0.15, -0.1) is 0 Å². The van der Waals surface area contributed by atoms with Gasteiger partial charge < -0.3 is 14.6 Å². The average molecular weight is 573 g/mol. The summed E-state index contributed by atoms with van der Waals surface area (Å²) < 4.78 is 25.0. The van der Waals surface area contributed by atoms with E-state index in [4.69, 9.17) is 25.1 Å². The highest BCUT2D eigenvalue weighted by atomic mass is 19.1. The molecule has 218 valence electrons. The van der Waals surface area contributed by atoms with Crippen LogP contribution in [0.2, 0.25) is 0 Å². The van der Waals surface area contributed by atoms with Crippen LogP contribution in [-0.4, -0.2) is 48.9 Å². The second-order valence-corrected chi connectivity index (χ2v) is 9.46. The molecule has 42 heavy (non-hydrogen) atoms. The second-order valence-electron chi connectivity index (χ2n) is 9.46. The van der Waals surface area contributed by atoms with Crippen molar-refractivity contribution in [3.63, 3.8) is 0 Å². The van der Waals surface area contributed by atoms with Gasteiger partial charge in [0.05, 0.1) is 13.2 Å². The minimum atomic E-state index is -1.49. The summed E-state index contributed by atoms with van der Waals surface area (Å²) in [5.74, 6) is 0.359. The number of ether oxygens (including phenoxy) is 2. The molecule has 0 bridgehead atoms. The van der Waals surface area contributed by atoms with E-state index in [1.54, 1.807) is 24.3 Å². The number of nitrogens with one attached hydrogen (secondary N) is 2. The van der Waals surface area contributed by atoms with Gasteiger partial charge in [0.2, 0.25) is 5.90 Å². The third-order valence-electron chi connectivity index (χ3n) is 6.63. The molecule has 3 N–H and O–H groups in total. The molecule has 0 unspecified atom stereocenters. The monoisotopic (exact) mass is 572 g/mol. The molecule has 1 aliphatic heterocycles. The lowest BCUT2D eigenvalue weighted by Gasteiger charge is -2.30. The quantitative estimate of drug-likeness (QED) is 0.0754. The van der Waals surface area contributed by atoms with Gasteiger partial charge in [-0.25, -0.2) is 14.8 Å². The average Bonchev–Trinajstić information content (AvgIpc) is 3.42. The van der Waals surface area contributed by atoms with Gasteiger partial charge in [-0.05, 0) is 46.5 Å². The summed E-state index contributed by atoms with van der Waals surface area (Å²) in [5.41, 5.74) is 15.6. The van der Waals surface area contributed by atoms with Gasteiger partial charge in [-0.2, -0.15) is 0 Å². The highest BCUT2D eigenvalue weighted by Crippen LogP contribution is 2.44. The number of alkyl halides is 1. The molecule has 0 saturated heterocycles. The maximum atomic E-state index is 13.9. The van der Waals surface area contributed by atoms with Crippen LogP contribution in [0.15, 0.2) is 95.0 Å². The number of amides is 1. The van der Waals surface area contributed by atoms with Crippen LogP contribution in [0.1, 0.15) is 41.2 Å². The first-order chi connectivity index (χ1) is 20.6. The number of aliphatic imine (C=N–C) groups is 1. The Bertz CT molecular complexity index is 1430. The molecule has 0 aliphatic carbocycles. The minimum Gasteiger partial charge on any atom is -0.494 e. The zero-order valence-corrected chi connectivity index (χ0v) is 23.0. The highest BCUT2D eigenvalue weighted by molar-refractivity contribution is 6.01. The molecule has 0 saturated carbocycles. The van der Waals surface area contributed by atoms with Crippen molar-refractivity contribution in [2.24, 2.45) is 10.1 Å². The summed E-state index contributed by atoms with van der Waals surface area (Å²) in [6.45, 7) is -0.277. The number of rotatable bonds is 15. The summed E-state index contributed by atoms with van der Waals surface area (Å²) in [6, 6.07) is 24.0. The van der Waals surface area contributed by atoms with Crippen LogP contribution in [0.3, 0.4) is 0 Å². The van der Waals surface area contributed by atoms with E-state index in [1.807, 2.05) is 66.7 Å². The predicted molar refractivity (Wildman–Crippen MR) is 158 cm³/mol. The summed E-state index contributed by atoms with van der Waals surface area (Å²) in [6.07, 6.45) is 3.53. The van der Waals surface area contributed by atoms with Gasteiger partial charge in [-0.3, -0.25) is 10.2 Å². The lowest BCUT2D eigenvalue weighted by molar-refractivity contribution is -0.129. The summed E-state index contributed by atoms with van der Waals surface area (Å²) in [7, 11) is 0. The van der Waals surface area contributed by atoms with Crippen molar-refractivity contribution in [3.8, 4) is 5.75 Å². The summed E-state index contributed by atoms with van der Waals surface area (Å²) in [4.78, 5) is 21.7. The number of aliphatic hydroxyl groups is 1. The number of hydrazine groups is 1. The number of aliphatic hydroxyl groups excluding tert-OH is 1. The third-order valence-corrected chi connectivity index (χ3v) is 6.63. The van der Waals surface area contributed by atoms with E-state index in [9.17, 15) is 9.18 Å². The van der Waals surface area contributed by atoms with Crippen LogP contribution < -0.4 is 15.6 Å². The number of halogens is 1. The predicted octanol–water partition coefficient (Wildman–Crippen LogP) is 5.21. The van der Waals surface area contributed by atoms with Gasteiger partial charge in [0.25, 0.3) is 5.91 Å². The molecule has 3 aromatic carbocycles. The Kier molecular flexibility index (Phi) is 11.1.